The van der Waals surface area contributed by atoms with E-state index in [0.29, 0.717) is 13.1 Å². The van der Waals surface area contributed by atoms with Crippen LogP contribution in [0.4, 0.5) is 10.2 Å². The number of benzene rings is 2. The minimum absolute atomic E-state index is 0.0491. The van der Waals surface area contributed by atoms with Gasteiger partial charge in [-0.3, -0.25) is 4.79 Å². The maximum absolute atomic E-state index is 13.3. The summed E-state index contributed by atoms with van der Waals surface area (Å²) in [6.45, 7) is 1.90. The molecule has 1 atom stereocenters. The predicted octanol–water partition coefficient (Wildman–Crippen LogP) is 4.08. The first-order valence-electron chi connectivity index (χ1n) is 11.4. The maximum atomic E-state index is 13.3. The average Bonchev–Trinajstić information content (AvgIpc) is 3.32. The molecule has 1 fully saturated rings. The Bertz CT molecular complexity index is 1290. The van der Waals surface area contributed by atoms with E-state index in [1.54, 1.807) is 36.2 Å². The van der Waals surface area contributed by atoms with Crippen molar-refractivity contribution >= 4 is 17.2 Å². The molecular weight excluding hydrogens is 433 g/mol. The number of nitrogens with zero attached hydrogens (tertiary/aromatic N) is 4. The number of hydrogen-bond acceptors (Lipinski definition) is 5. The van der Waals surface area contributed by atoms with Gasteiger partial charge in [0, 0.05) is 37.6 Å². The second-order valence-corrected chi connectivity index (χ2v) is 8.47. The number of aromatic nitrogens is 3. The smallest absolute Gasteiger partial charge is 0.225 e. The fraction of sp³-hybridized carbons (Fsp3) is 0.269. The summed E-state index contributed by atoms with van der Waals surface area (Å²) in [5, 5.41) is 7.71. The number of carbonyl (C=O) groups is 1. The first kappa shape index (κ1) is 21.9. The van der Waals surface area contributed by atoms with Crippen molar-refractivity contribution in [3.05, 3.63) is 78.4 Å². The molecule has 0 spiro atoms. The molecule has 1 saturated heterocycles. The van der Waals surface area contributed by atoms with Crippen LogP contribution in [-0.4, -0.2) is 40.7 Å². The van der Waals surface area contributed by atoms with Gasteiger partial charge in [-0.1, -0.05) is 12.1 Å². The number of rotatable bonds is 6. The van der Waals surface area contributed by atoms with E-state index in [0.717, 1.165) is 53.3 Å². The van der Waals surface area contributed by atoms with Gasteiger partial charge in [0.2, 0.25) is 5.91 Å². The molecule has 0 bridgehead atoms. The first-order valence-corrected chi connectivity index (χ1v) is 11.4. The number of methoxy groups -OCH3 is 1. The van der Waals surface area contributed by atoms with Crippen LogP contribution in [0.15, 0.2) is 67.0 Å². The maximum Gasteiger partial charge on any atom is 0.225 e. The highest BCUT2D eigenvalue weighted by atomic mass is 19.1. The summed E-state index contributed by atoms with van der Waals surface area (Å²) >= 11 is 0. The van der Waals surface area contributed by atoms with Crippen molar-refractivity contribution in [3.8, 4) is 17.0 Å². The topological polar surface area (TPSA) is 71.8 Å². The standard InChI is InChI=1S/C26H26FN5O2/c1-34-22-10-4-18(5-11-22)16-29-26(33)20-3-2-13-31(17-20)25-24-15-23(30-32(24)14-12-28-25)19-6-8-21(27)9-7-19/h4-12,14-15,20H,2-3,13,16-17H2,1H3,(H,29,33). The van der Waals surface area contributed by atoms with E-state index in [2.05, 4.69) is 20.3 Å². The molecule has 8 heteroatoms. The highest BCUT2D eigenvalue weighted by Crippen LogP contribution is 2.28. The summed E-state index contributed by atoms with van der Waals surface area (Å²) in [4.78, 5) is 19.7. The molecule has 2 aromatic heterocycles. The summed E-state index contributed by atoms with van der Waals surface area (Å²) in [5.74, 6) is 1.25. The molecule has 1 amide bonds. The Kier molecular flexibility index (Phi) is 6.12. The van der Waals surface area contributed by atoms with Gasteiger partial charge in [-0.2, -0.15) is 5.10 Å². The highest BCUT2D eigenvalue weighted by Gasteiger charge is 2.27. The molecule has 0 radical (unpaired) electrons. The van der Waals surface area contributed by atoms with Crippen LogP contribution in [0.25, 0.3) is 16.8 Å². The average molecular weight is 460 g/mol. The zero-order chi connectivity index (χ0) is 23.5. The van der Waals surface area contributed by atoms with Crippen LogP contribution in [0.5, 0.6) is 5.75 Å². The fourth-order valence-corrected chi connectivity index (χ4v) is 4.37. The minimum Gasteiger partial charge on any atom is -0.497 e. The molecule has 7 nitrogen and oxygen atoms in total. The Morgan fingerprint density at radius 2 is 1.97 bits per heavy atom. The van der Waals surface area contributed by atoms with Gasteiger partial charge < -0.3 is 15.0 Å². The Labute approximate surface area is 197 Å². The Hall–Kier alpha value is -3.94. The minimum atomic E-state index is -0.278. The molecule has 2 aromatic carbocycles. The van der Waals surface area contributed by atoms with Crippen LogP contribution < -0.4 is 15.0 Å². The monoisotopic (exact) mass is 459 g/mol. The lowest BCUT2D eigenvalue weighted by Gasteiger charge is -2.33. The van der Waals surface area contributed by atoms with E-state index >= 15 is 0 Å². The van der Waals surface area contributed by atoms with Crippen LogP contribution >= 0.6 is 0 Å². The lowest BCUT2D eigenvalue weighted by atomic mass is 9.97. The third-order valence-corrected chi connectivity index (χ3v) is 6.23. The van der Waals surface area contributed by atoms with E-state index in [4.69, 9.17) is 4.74 Å². The zero-order valence-electron chi connectivity index (χ0n) is 18.9. The van der Waals surface area contributed by atoms with Crippen molar-refractivity contribution in [3.63, 3.8) is 0 Å². The van der Waals surface area contributed by atoms with Crippen molar-refractivity contribution in [2.24, 2.45) is 5.92 Å². The summed E-state index contributed by atoms with van der Waals surface area (Å²) in [6, 6.07) is 15.9. The molecule has 0 saturated carbocycles. The number of carbonyl (C=O) groups excluding carboxylic acids is 1. The van der Waals surface area contributed by atoms with E-state index in [1.165, 1.54) is 12.1 Å². The van der Waals surface area contributed by atoms with Gasteiger partial charge in [-0.05, 0) is 60.9 Å². The summed E-state index contributed by atoms with van der Waals surface area (Å²) in [6.07, 6.45) is 5.27. The predicted molar refractivity (Wildman–Crippen MR) is 128 cm³/mol. The van der Waals surface area contributed by atoms with E-state index < -0.39 is 0 Å². The number of hydrogen-bond donors (Lipinski definition) is 1. The van der Waals surface area contributed by atoms with Gasteiger partial charge >= 0.3 is 0 Å². The van der Waals surface area contributed by atoms with Crippen LogP contribution in [0.1, 0.15) is 18.4 Å². The van der Waals surface area contributed by atoms with Crippen molar-refractivity contribution in [2.75, 3.05) is 25.1 Å². The summed E-state index contributed by atoms with van der Waals surface area (Å²) < 4.78 is 20.3. The molecule has 1 unspecified atom stereocenters. The van der Waals surface area contributed by atoms with Crippen LogP contribution in [0, 0.1) is 11.7 Å². The van der Waals surface area contributed by atoms with Crippen LogP contribution in [0.2, 0.25) is 0 Å². The lowest BCUT2D eigenvalue weighted by Crippen LogP contribution is -2.43. The largest absolute Gasteiger partial charge is 0.497 e. The van der Waals surface area contributed by atoms with Crippen molar-refractivity contribution in [1.29, 1.82) is 0 Å². The van der Waals surface area contributed by atoms with Crippen molar-refractivity contribution < 1.29 is 13.9 Å². The van der Waals surface area contributed by atoms with Crippen molar-refractivity contribution in [1.82, 2.24) is 19.9 Å². The SMILES string of the molecule is COc1ccc(CNC(=O)C2CCCN(c3nccn4nc(-c5ccc(F)cc5)cc34)C2)cc1. The van der Waals surface area contributed by atoms with E-state index in [-0.39, 0.29) is 17.6 Å². The number of halogens is 1. The number of fused-ring (bicyclic) bond motifs is 1. The van der Waals surface area contributed by atoms with Gasteiger partial charge in [0.25, 0.3) is 0 Å². The molecule has 1 N–H and O–H groups in total. The fourth-order valence-electron chi connectivity index (χ4n) is 4.37. The number of amides is 1. The van der Waals surface area contributed by atoms with Crippen molar-refractivity contribution in [2.45, 2.75) is 19.4 Å². The number of nitrogens with one attached hydrogen (secondary N) is 1. The van der Waals surface area contributed by atoms with Gasteiger partial charge in [-0.25, -0.2) is 13.9 Å². The molecule has 34 heavy (non-hydrogen) atoms. The van der Waals surface area contributed by atoms with Crippen LogP contribution in [0.3, 0.4) is 0 Å². The molecule has 174 valence electrons. The second kappa shape index (κ2) is 9.51. The highest BCUT2D eigenvalue weighted by molar-refractivity contribution is 5.81. The first-order chi connectivity index (χ1) is 16.6. The molecule has 1 aliphatic rings. The van der Waals surface area contributed by atoms with Gasteiger partial charge in [0.05, 0.1) is 18.7 Å². The summed E-state index contributed by atoms with van der Waals surface area (Å²) in [5.41, 5.74) is 3.48. The second-order valence-electron chi connectivity index (χ2n) is 8.47. The van der Waals surface area contributed by atoms with Gasteiger partial charge in [-0.15, -0.1) is 0 Å². The van der Waals surface area contributed by atoms with E-state index in [9.17, 15) is 9.18 Å². The third-order valence-electron chi connectivity index (χ3n) is 6.23. The lowest BCUT2D eigenvalue weighted by molar-refractivity contribution is -0.125. The molecule has 5 rings (SSSR count). The Morgan fingerprint density at radius 1 is 1.18 bits per heavy atom. The van der Waals surface area contributed by atoms with Gasteiger partial charge in [0.1, 0.15) is 17.1 Å². The number of piperidine rings is 1. The molecule has 3 heterocycles. The molecule has 0 aliphatic carbocycles. The van der Waals surface area contributed by atoms with E-state index in [1.807, 2.05) is 30.3 Å². The number of ether oxygens (including phenoxy) is 1. The van der Waals surface area contributed by atoms with Crippen LogP contribution in [-0.2, 0) is 11.3 Å². The Morgan fingerprint density at radius 3 is 2.74 bits per heavy atom. The molecular formula is C26H26FN5O2. The summed E-state index contributed by atoms with van der Waals surface area (Å²) in [7, 11) is 1.63. The quantitative estimate of drug-likeness (QED) is 0.471. The number of anilines is 1. The zero-order valence-corrected chi connectivity index (χ0v) is 18.9. The molecule has 1 aliphatic heterocycles. The normalized spacial score (nSPS) is 15.9. The Balaban J connectivity index is 1.30. The molecule has 4 aromatic rings. The van der Waals surface area contributed by atoms with Gasteiger partial charge in [0.15, 0.2) is 5.82 Å². The third kappa shape index (κ3) is 4.57.